The fourth-order valence-corrected chi connectivity index (χ4v) is 2.18. The maximum absolute atomic E-state index is 5.58. The maximum Gasteiger partial charge on any atom is 0.0955 e. The van der Waals surface area contributed by atoms with E-state index in [0.717, 1.165) is 31.9 Å². The van der Waals surface area contributed by atoms with Gasteiger partial charge in [0, 0.05) is 25.4 Å². The van der Waals surface area contributed by atoms with Crippen molar-refractivity contribution in [3.8, 4) is 0 Å². The molecule has 1 unspecified atom stereocenters. The van der Waals surface area contributed by atoms with Crippen LogP contribution in [0.2, 0.25) is 0 Å². The van der Waals surface area contributed by atoms with Gasteiger partial charge in [-0.1, -0.05) is 13.8 Å². The molecule has 1 saturated heterocycles. The van der Waals surface area contributed by atoms with Crippen LogP contribution < -0.4 is 5.32 Å². The van der Waals surface area contributed by atoms with Crippen LogP contribution in [0.3, 0.4) is 0 Å². The van der Waals surface area contributed by atoms with Crippen LogP contribution in [-0.4, -0.2) is 28.8 Å². The van der Waals surface area contributed by atoms with Crippen molar-refractivity contribution in [3.63, 3.8) is 0 Å². The lowest BCUT2D eigenvalue weighted by molar-refractivity contribution is 0.00944. The first-order valence-corrected chi connectivity index (χ1v) is 6.45. The molecule has 0 aromatic carbocycles. The summed E-state index contributed by atoms with van der Waals surface area (Å²) in [6.07, 6.45) is 6.38. The van der Waals surface area contributed by atoms with Gasteiger partial charge in [0.05, 0.1) is 24.2 Å². The van der Waals surface area contributed by atoms with E-state index < -0.39 is 0 Å². The number of hydrogen-bond donors (Lipinski definition) is 1. The zero-order valence-electron chi connectivity index (χ0n) is 11.1. The van der Waals surface area contributed by atoms with Gasteiger partial charge in [0.25, 0.3) is 0 Å². The van der Waals surface area contributed by atoms with E-state index in [0.29, 0.717) is 6.04 Å². The molecule has 0 amide bonds. The molecule has 1 aliphatic rings. The summed E-state index contributed by atoms with van der Waals surface area (Å²) in [5.74, 6) is 0. The highest BCUT2D eigenvalue weighted by Crippen LogP contribution is 2.26. The van der Waals surface area contributed by atoms with E-state index in [-0.39, 0.29) is 5.54 Å². The van der Waals surface area contributed by atoms with E-state index in [2.05, 4.69) is 41.8 Å². The Hall–Kier alpha value is -0.870. The van der Waals surface area contributed by atoms with Crippen LogP contribution in [0.4, 0.5) is 0 Å². The summed E-state index contributed by atoms with van der Waals surface area (Å²) in [6, 6.07) is 0.494. The Bertz CT molecular complexity index is 353. The zero-order valence-corrected chi connectivity index (χ0v) is 11.1. The summed E-state index contributed by atoms with van der Waals surface area (Å²) in [5, 5.41) is 3.38. The smallest absolute Gasteiger partial charge is 0.0955 e. The van der Waals surface area contributed by atoms with E-state index in [1.807, 2.05) is 6.33 Å². The lowest BCUT2D eigenvalue weighted by Crippen LogP contribution is -2.38. The molecule has 0 bridgehead atoms. The first-order chi connectivity index (χ1) is 8.10. The van der Waals surface area contributed by atoms with E-state index in [1.165, 1.54) is 6.42 Å². The Kier molecular flexibility index (Phi) is 3.84. The van der Waals surface area contributed by atoms with Gasteiger partial charge in [-0.25, -0.2) is 4.98 Å². The molecule has 2 rings (SSSR count). The summed E-state index contributed by atoms with van der Waals surface area (Å²) < 4.78 is 7.79. The fourth-order valence-electron chi connectivity index (χ4n) is 2.18. The molecule has 17 heavy (non-hydrogen) atoms. The molecule has 4 nitrogen and oxygen atoms in total. The second kappa shape index (κ2) is 5.19. The van der Waals surface area contributed by atoms with Crippen LogP contribution in [0, 0.1) is 0 Å². The first-order valence-electron chi connectivity index (χ1n) is 6.45. The van der Waals surface area contributed by atoms with Crippen molar-refractivity contribution in [2.45, 2.75) is 51.7 Å². The highest BCUT2D eigenvalue weighted by atomic mass is 16.5. The molecule has 1 aliphatic heterocycles. The van der Waals surface area contributed by atoms with Crippen molar-refractivity contribution in [1.29, 1.82) is 0 Å². The molecule has 1 fully saturated rings. The number of hydrogen-bond acceptors (Lipinski definition) is 3. The SMILES string of the molecule is CC(C)NCc1cn(C2(C)CCCOC2)cn1. The van der Waals surface area contributed by atoms with E-state index in [4.69, 9.17) is 4.74 Å². The molecule has 4 heteroatoms. The van der Waals surface area contributed by atoms with Crippen molar-refractivity contribution in [1.82, 2.24) is 14.9 Å². The van der Waals surface area contributed by atoms with Crippen molar-refractivity contribution in [2.24, 2.45) is 0 Å². The van der Waals surface area contributed by atoms with Crippen molar-refractivity contribution in [3.05, 3.63) is 18.2 Å². The van der Waals surface area contributed by atoms with Crippen molar-refractivity contribution < 1.29 is 4.74 Å². The highest BCUT2D eigenvalue weighted by Gasteiger charge is 2.29. The lowest BCUT2D eigenvalue weighted by atomic mass is 9.95. The Morgan fingerprint density at radius 2 is 2.41 bits per heavy atom. The highest BCUT2D eigenvalue weighted by molar-refractivity contribution is 5.01. The molecule has 2 heterocycles. The van der Waals surface area contributed by atoms with Crippen LogP contribution in [-0.2, 0) is 16.8 Å². The molecule has 0 radical (unpaired) electrons. The molecule has 96 valence electrons. The predicted octanol–water partition coefficient (Wildman–Crippen LogP) is 1.91. The van der Waals surface area contributed by atoms with Gasteiger partial charge in [-0.2, -0.15) is 0 Å². The Morgan fingerprint density at radius 1 is 1.59 bits per heavy atom. The number of rotatable bonds is 4. The fraction of sp³-hybridized carbons (Fsp3) is 0.769. The number of ether oxygens (including phenoxy) is 1. The number of imidazole rings is 1. The molecule has 0 saturated carbocycles. The molecule has 1 N–H and O–H groups in total. The van der Waals surface area contributed by atoms with Gasteiger partial charge in [0.1, 0.15) is 0 Å². The van der Waals surface area contributed by atoms with Gasteiger partial charge in [-0.05, 0) is 19.8 Å². The van der Waals surface area contributed by atoms with E-state index >= 15 is 0 Å². The monoisotopic (exact) mass is 237 g/mol. The Balaban J connectivity index is 2.01. The molecule has 1 aromatic rings. The van der Waals surface area contributed by atoms with Crippen LogP contribution in [0.15, 0.2) is 12.5 Å². The summed E-state index contributed by atoms with van der Waals surface area (Å²) in [4.78, 5) is 4.45. The molecule has 0 spiro atoms. The predicted molar refractivity (Wildman–Crippen MR) is 67.9 cm³/mol. The normalized spacial score (nSPS) is 25.4. The first kappa shape index (κ1) is 12.6. The average molecular weight is 237 g/mol. The maximum atomic E-state index is 5.58. The van der Waals surface area contributed by atoms with Crippen molar-refractivity contribution >= 4 is 0 Å². The van der Waals surface area contributed by atoms with Gasteiger partial charge >= 0.3 is 0 Å². The minimum Gasteiger partial charge on any atom is -0.379 e. The number of aromatic nitrogens is 2. The third kappa shape index (κ3) is 3.07. The molecule has 0 aliphatic carbocycles. The van der Waals surface area contributed by atoms with Crippen LogP contribution in [0.1, 0.15) is 39.3 Å². The third-order valence-corrected chi connectivity index (χ3v) is 3.37. The molecular formula is C13H23N3O. The third-order valence-electron chi connectivity index (χ3n) is 3.37. The average Bonchev–Trinajstić information content (AvgIpc) is 2.76. The quantitative estimate of drug-likeness (QED) is 0.869. The number of nitrogens with one attached hydrogen (secondary N) is 1. The lowest BCUT2D eigenvalue weighted by Gasteiger charge is -2.34. The second-order valence-electron chi connectivity index (χ2n) is 5.46. The largest absolute Gasteiger partial charge is 0.379 e. The van der Waals surface area contributed by atoms with Gasteiger partial charge in [-0.3, -0.25) is 0 Å². The van der Waals surface area contributed by atoms with Gasteiger partial charge < -0.3 is 14.6 Å². The van der Waals surface area contributed by atoms with Crippen LogP contribution in [0.5, 0.6) is 0 Å². The second-order valence-corrected chi connectivity index (χ2v) is 5.46. The van der Waals surface area contributed by atoms with Gasteiger partial charge in [-0.15, -0.1) is 0 Å². The van der Waals surface area contributed by atoms with E-state index in [1.54, 1.807) is 0 Å². The standard InChI is InChI=1S/C13H23N3O/c1-11(2)14-7-12-8-16(10-15-12)13(3)5-4-6-17-9-13/h8,10-11,14H,4-7,9H2,1-3H3. The Labute approximate surface area is 103 Å². The molecule has 1 aromatic heterocycles. The topological polar surface area (TPSA) is 39.1 Å². The van der Waals surface area contributed by atoms with Gasteiger partial charge in [0.15, 0.2) is 0 Å². The van der Waals surface area contributed by atoms with Crippen molar-refractivity contribution in [2.75, 3.05) is 13.2 Å². The van der Waals surface area contributed by atoms with E-state index in [9.17, 15) is 0 Å². The molecule has 1 atom stereocenters. The Morgan fingerprint density at radius 3 is 3.06 bits per heavy atom. The zero-order chi connectivity index (χ0) is 12.3. The summed E-state index contributed by atoms with van der Waals surface area (Å²) in [7, 11) is 0. The summed E-state index contributed by atoms with van der Waals surface area (Å²) in [6.45, 7) is 9.06. The van der Waals surface area contributed by atoms with Crippen LogP contribution in [0.25, 0.3) is 0 Å². The summed E-state index contributed by atoms with van der Waals surface area (Å²) >= 11 is 0. The van der Waals surface area contributed by atoms with Gasteiger partial charge in [0.2, 0.25) is 0 Å². The summed E-state index contributed by atoms with van der Waals surface area (Å²) in [5.41, 5.74) is 1.19. The minimum atomic E-state index is 0.0847. The molecular weight excluding hydrogens is 214 g/mol. The minimum absolute atomic E-state index is 0.0847. The van der Waals surface area contributed by atoms with Crippen LogP contribution >= 0.6 is 0 Å². The number of nitrogens with zero attached hydrogens (tertiary/aromatic N) is 2.